The largest absolute Gasteiger partial charge is 0.389 e. The Bertz CT molecular complexity index is 572. The number of halogens is 1. The lowest BCUT2D eigenvalue weighted by Crippen LogP contribution is -2.34. The van der Waals surface area contributed by atoms with E-state index in [4.69, 9.17) is 4.74 Å². The maximum Gasteiger partial charge on any atom is 0.123 e. The van der Waals surface area contributed by atoms with Crippen LogP contribution in [0.5, 0.6) is 0 Å². The molecule has 0 saturated carbocycles. The average molecular weight is 351 g/mol. The van der Waals surface area contributed by atoms with Crippen molar-refractivity contribution in [3.05, 3.63) is 58.0 Å². The van der Waals surface area contributed by atoms with Gasteiger partial charge in [-0.25, -0.2) is 4.39 Å². The first kappa shape index (κ1) is 19.1. The summed E-state index contributed by atoms with van der Waals surface area (Å²) in [4.78, 5) is 3.41. The highest BCUT2D eigenvalue weighted by Gasteiger charge is 2.14. The minimum atomic E-state index is -0.538. The molecule has 132 valence electrons. The number of hydrogen-bond donors (Lipinski definition) is 1. The van der Waals surface area contributed by atoms with Crippen molar-refractivity contribution in [3.8, 4) is 0 Å². The Morgan fingerprint density at radius 2 is 1.88 bits per heavy atom. The van der Waals surface area contributed by atoms with E-state index in [9.17, 15) is 9.50 Å². The maximum absolute atomic E-state index is 13.1. The third kappa shape index (κ3) is 7.09. The fraction of sp³-hybridized carbons (Fsp3) is 0.474. The second kappa shape index (κ2) is 9.89. The molecular weight excluding hydrogens is 325 g/mol. The molecule has 3 nitrogen and oxygen atoms in total. The molecule has 0 spiro atoms. The lowest BCUT2D eigenvalue weighted by molar-refractivity contribution is 0.00569. The average Bonchev–Trinajstić information content (AvgIpc) is 3.02. The molecule has 0 aliphatic rings. The maximum atomic E-state index is 13.1. The molecule has 0 bridgehead atoms. The molecule has 1 atom stereocenters. The van der Waals surface area contributed by atoms with Gasteiger partial charge < -0.3 is 9.84 Å². The van der Waals surface area contributed by atoms with Gasteiger partial charge in [-0.1, -0.05) is 32.0 Å². The Morgan fingerprint density at radius 3 is 2.50 bits per heavy atom. The number of nitrogens with zero attached hydrogens (tertiary/aromatic N) is 1. The van der Waals surface area contributed by atoms with Crippen LogP contribution in [0.25, 0.3) is 0 Å². The van der Waals surface area contributed by atoms with Crippen LogP contribution in [0.1, 0.15) is 24.3 Å². The number of aliphatic hydroxyl groups excluding tert-OH is 1. The molecule has 0 fully saturated rings. The van der Waals surface area contributed by atoms with Gasteiger partial charge in [0, 0.05) is 31.1 Å². The SMILES string of the molecule is CC(C)COC[C@H](O)CN(Cc1ccc(F)cc1)Cc1cccs1. The van der Waals surface area contributed by atoms with Crippen LogP contribution in [-0.2, 0) is 17.8 Å². The van der Waals surface area contributed by atoms with Crippen LogP contribution in [0, 0.1) is 11.7 Å². The molecule has 1 heterocycles. The Balaban J connectivity index is 1.93. The number of hydrogen-bond acceptors (Lipinski definition) is 4. The molecule has 5 heteroatoms. The number of thiophene rings is 1. The second-order valence-electron chi connectivity index (χ2n) is 6.46. The van der Waals surface area contributed by atoms with Crippen molar-refractivity contribution < 1.29 is 14.2 Å². The zero-order valence-electron chi connectivity index (χ0n) is 14.3. The van der Waals surface area contributed by atoms with E-state index in [0.717, 1.165) is 12.1 Å². The minimum Gasteiger partial charge on any atom is -0.389 e. The van der Waals surface area contributed by atoms with Gasteiger partial charge in [-0.2, -0.15) is 0 Å². The van der Waals surface area contributed by atoms with Crippen LogP contribution >= 0.6 is 11.3 Å². The summed E-state index contributed by atoms with van der Waals surface area (Å²) in [6.45, 7) is 7.11. The molecule has 1 aromatic carbocycles. The van der Waals surface area contributed by atoms with Gasteiger partial charge in [0.25, 0.3) is 0 Å². The normalized spacial score (nSPS) is 12.9. The van der Waals surface area contributed by atoms with Gasteiger partial charge in [0.15, 0.2) is 0 Å². The second-order valence-corrected chi connectivity index (χ2v) is 7.49. The van der Waals surface area contributed by atoms with E-state index < -0.39 is 6.10 Å². The summed E-state index contributed by atoms with van der Waals surface area (Å²) in [6.07, 6.45) is -0.538. The topological polar surface area (TPSA) is 32.7 Å². The highest BCUT2D eigenvalue weighted by atomic mass is 32.1. The van der Waals surface area contributed by atoms with Gasteiger partial charge in [-0.15, -0.1) is 11.3 Å². The third-order valence-electron chi connectivity index (χ3n) is 3.51. The van der Waals surface area contributed by atoms with Crippen molar-refractivity contribution in [2.75, 3.05) is 19.8 Å². The summed E-state index contributed by atoms with van der Waals surface area (Å²) < 4.78 is 18.6. The molecule has 24 heavy (non-hydrogen) atoms. The van der Waals surface area contributed by atoms with E-state index in [0.29, 0.717) is 32.2 Å². The van der Waals surface area contributed by atoms with Crippen molar-refractivity contribution >= 4 is 11.3 Å². The van der Waals surface area contributed by atoms with E-state index in [1.807, 2.05) is 11.4 Å². The van der Waals surface area contributed by atoms with Crippen LogP contribution in [0.2, 0.25) is 0 Å². The molecule has 0 aliphatic heterocycles. The van der Waals surface area contributed by atoms with Gasteiger partial charge in [-0.3, -0.25) is 4.90 Å². The van der Waals surface area contributed by atoms with Gasteiger partial charge in [0.2, 0.25) is 0 Å². The summed E-state index contributed by atoms with van der Waals surface area (Å²) in [5.41, 5.74) is 1.03. The van der Waals surface area contributed by atoms with Gasteiger partial charge in [0.1, 0.15) is 5.82 Å². The summed E-state index contributed by atoms with van der Waals surface area (Å²) in [5, 5.41) is 12.3. The predicted molar refractivity (Wildman–Crippen MR) is 96.5 cm³/mol. The van der Waals surface area contributed by atoms with E-state index in [-0.39, 0.29) is 5.82 Å². The smallest absolute Gasteiger partial charge is 0.123 e. The predicted octanol–water partition coefficient (Wildman–Crippen LogP) is 3.92. The lowest BCUT2D eigenvalue weighted by atomic mass is 10.2. The lowest BCUT2D eigenvalue weighted by Gasteiger charge is -2.25. The first-order valence-corrected chi connectivity index (χ1v) is 9.16. The zero-order chi connectivity index (χ0) is 17.4. The van der Waals surface area contributed by atoms with Crippen LogP contribution in [0.3, 0.4) is 0 Å². The number of aliphatic hydroxyl groups is 1. The van der Waals surface area contributed by atoms with E-state index in [1.54, 1.807) is 23.5 Å². The quantitative estimate of drug-likeness (QED) is 0.704. The fourth-order valence-electron chi connectivity index (χ4n) is 2.45. The minimum absolute atomic E-state index is 0.231. The third-order valence-corrected chi connectivity index (χ3v) is 4.37. The van der Waals surface area contributed by atoms with Crippen LogP contribution in [0.15, 0.2) is 41.8 Å². The summed E-state index contributed by atoms with van der Waals surface area (Å²) in [5.74, 6) is 0.226. The molecule has 0 amide bonds. The van der Waals surface area contributed by atoms with E-state index in [1.165, 1.54) is 17.0 Å². The van der Waals surface area contributed by atoms with Crippen molar-refractivity contribution in [1.29, 1.82) is 0 Å². The molecule has 0 aliphatic carbocycles. The summed E-state index contributed by atoms with van der Waals surface area (Å²) in [6, 6.07) is 10.6. The Morgan fingerprint density at radius 1 is 1.12 bits per heavy atom. The molecule has 1 N–H and O–H groups in total. The molecule has 0 saturated heterocycles. The van der Waals surface area contributed by atoms with Crippen LogP contribution in [-0.4, -0.2) is 35.9 Å². The number of benzene rings is 1. The monoisotopic (exact) mass is 351 g/mol. The van der Waals surface area contributed by atoms with Gasteiger partial charge in [0.05, 0.1) is 12.7 Å². The highest BCUT2D eigenvalue weighted by molar-refractivity contribution is 7.09. The van der Waals surface area contributed by atoms with Crippen molar-refractivity contribution in [1.82, 2.24) is 4.90 Å². The Labute approximate surface area is 147 Å². The first-order valence-electron chi connectivity index (χ1n) is 8.28. The van der Waals surface area contributed by atoms with E-state index in [2.05, 4.69) is 24.8 Å². The number of rotatable bonds is 10. The highest BCUT2D eigenvalue weighted by Crippen LogP contribution is 2.15. The van der Waals surface area contributed by atoms with Crippen LogP contribution in [0.4, 0.5) is 4.39 Å². The number of ether oxygens (including phenoxy) is 1. The van der Waals surface area contributed by atoms with E-state index >= 15 is 0 Å². The molecule has 0 unspecified atom stereocenters. The van der Waals surface area contributed by atoms with Gasteiger partial charge in [-0.05, 0) is 35.1 Å². The summed E-state index contributed by atoms with van der Waals surface area (Å²) in [7, 11) is 0. The standard InChI is InChI=1S/C19H26FNO2S/c1-15(2)13-23-14-18(22)11-21(12-19-4-3-9-24-19)10-16-5-7-17(20)8-6-16/h3-9,15,18,22H,10-14H2,1-2H3/t18-/m1/s1. The van der Waals surface area contributed by atoms with Crippen molar-refractivity contribution in [2.24, 2.45) is 5.92 Å². The van der Waals surface area contributed by atoms with Gasteiger partial charge >= 0.3 is 0 Å². The van der Waals surface area contributed by atoms with Crippen molar-refractivity contribution in [3.63, 3.8) is 0 Å². The zero-order valence-corrected chi connectivity index (χ0v) is 15.1. The van der Waals surface area contributed by atoms with Crippen LogP contribution < -0.4 is 0 Å². The molecular formula is C19H26FNO2S. The molecule has 2 aromatic rings. The molecule has 2 rings (SSSR count). The Kier molecular flexibility index (Phi) is 7.85. The molecule has 0 radical (unpaired) electrons. The molecule has 1 aromatic heterocycles. The fourth-order valence-corrected chi connectivity index (χ4v) is 3.19. The first-order chi connectivity index (χ1) is 11.5. The van der Waals surface area contributed by atoms with Crippen molar-refractivity contribution in [2.45, 2.75) is 33.0 Å². The summed E-state index contributed by atoms with van der Waals surface area (Å²) >= 11 is 1.70. The Hall–Kier alpha value is -1.27.